The molecule has 2 aromatic heterocycles. The third kappa shape index (κ3) is 4.58. The number of hydrogen-bond donors (Lipinski definition) is 2. The van der Waals surface area contributed by atoms with Crippen molar-refractivity contribution in [1.82, 2.24) is 20.1 Å². The largest absolute Gasteiger partial charge is 0.494 e. The molecule has 1 aliphatic carbocycles. The molecule has 7 rings (SSSR count). The number of alkyl halides is 3. The summed E-state index contributed by atoms with van der Waals surface area (Å²) in [6.07, 6.45) is -1.41. The summed E-state index contributed by atoms with van der Waals surface area (Å²) < 4.78 is 67.9. The number of carbonyl (C=O) groups is 1. The van der Waals surface area contributed by atoms with Gasteiger partial charge in [0.15, 0.2) is 11.5 Å². The summed E-state index contributed by atoms with van der Waals surface area (Å²) in [5, 5.41) is 18.7. The van der Waals surface area contributed by atoms with E-state index in [9.17, 15) is 23.1 Å². The first-order chi connectivity index (χ1) is 20.6. The molecule has 0 spiro atoms. The van der Waals surface area contributed by atoms with Crippen molar-refractivity contribution in [2.45, 2.75) is 43.5 Å². The lowest BCUT2D eigenvalue weighted by atomic mass is 9.92. The van der Waals surface area contributed by atoms with Crippen LogP contribution in [-0.2, 0) is 5.60 Å². The predicted molar refractivity (Wildman–Crippen MR) is 147 cm³/mol. The predicted octanol–water partition coefficient (Wildman–Crippen LogP) is 4.85. The Kier molecular flexibility index (Phi) is 6.20. The standard InChI is InChI=1S/C30H27F3N4O6/c1-15-12-41-27-20(15)10-24(35-26(27)16-3-6-21-22(8-16)43-14-42-21)29(39,30(31,32)33)13-34-28(38)17-7-18-11-37(19-4-5-19)36-25(18)23(9-17)40-2/h3,6-11,15,19,39H,4-5,12-14H2,1-2H3,(H,34,38)/t15-,29-/m1/s1. The van der Waals surface area contributed by atoms with Gasteiger partial charge in [-0.25, -0.2) is 4.98 Å². The highest BCUT2D eigenvalue weighted by Crippen LogP contribution is 2.47. The van der Waals surface area contributed by atoms with E-state index in [0.717, 1.165) is 12.8 Å². The number of methoxy groups -OCH3 is 1. The Morgan fingerprint density at radius 2 is 1.93 bits per heavy atom. The number of halogens is 3. The number of ether oxygens (including phenoxy) is 4. The van der Waals surface area contributed by atoms with E-state index in [4.69, 9.17) is 18.9 Å². The molecular formula is C30H27F3N4O6. The fourth-order valence-electron chi connectivity index (χ4n) is 5.40. The number of hydrogen-bond acceptors (Lipinski definition) is 8. The lowest BCUT2D eigenvalue weighted by Gasteiger charge is -2.31. The van der Waals surface area contributed by atoms with E-state index in [0.29, 0.717) is 45.0 Å². The smallest absolute Gasteiger partial charge is 0.424 e. The zero-order valence-corrected chi connectivity index (χ0v) is 23.2. The summed E-state index contributed by atoms with van der Waals surface area (Å²) in [5.41, 5.74) is -2.56. The molecule has 224 valence electrons. The third-order valence-electron chi connectivity index (χ3n) is 8.05. The van der Waals surface area contributed by atoms with Crippen molar-refractivity contribution in [3.8, 4) is 34.3 Å². The van der Waals surface area contributed by atoms with Crippen LogP contribution in [0.25, 0.3) is 22.2 Å². The Hall–Kier alpha value is -4.52. The maximum Gasteiger partial charge on any atom is 0.424 e. The number of pyridine rings is 1. The highest BCUT2D eigenvalue weighted by atomic mass is 19.4. The second kappa shape index (κ2) is 9.76. The highest BCUT2D eigenvalue weighted by molar-refractivity contribution is 6.00. The maximum atomic E-state index is 14.7. The summed E-state index contributed by atoms with van der Waals surface area (Å²) in [6.45, 7) is 0.884. The van der Waals surface area contributed by atoms with Gasteiger partial charge in [-0.05, 0) is 49.2 Å². The first-order valence-corrected chi connectivity index (χ1v) is 13.8. The van der Waals surface area contributed by atoms with Gasteiger partial charge in [0.05, 0.1) is 32.0 Å². The minimum Gasteiger partial charge on any atom is -0.494 e. The van der Waals surface area contributed by atoms with Crippen LogP contribution in [0, 0.1) is 0 Å². The van der Waals surface area contributed by atoms with E-state index < -0.39 is 29.9 Å². The molecule has 2 atom stereocenters. The van der Waals surface area contributed by atoms with Crippen molar-refractivity contribution in [2.75, 3.05) is 27.1 Å². The normalized spacial score (nSPS) is 18.7. The minimum absolute atomic E-state index is 0.0209. The summed E-state index contributed by atoms with van der Waals surface area (Å²) in [6, 6.07) is 9.30. The lowest BCUT2D eigenvalue weighted by Crippen LogP contribution is -2.51. The van der Waals surface area contributed by atoms with Crippen molar-refractivity contribution >= 4 is 16.8 Å². The molecule has 2 N–H and O–H groups in total. The van der Waals surface area contributed by atoms with Crippen LogP contribution in [0.15, 0.2) is 42.6 Å². The van der Waals surface area contributed by atoms with Crippen molar-refractivity contribution < 1.29 is 42.0 Å². The Morgan fingerprint density at radius 1 is 1.14 bits per heavy atom. The monoisotopic (exact) mass is 596 g/mol. The van der Waals surface area contributed by atoms with Crippen LogP contribution in [-0.4, -0.2) is 59.0 Å². The van der Waals surface area contributed by atoms with E-state index in [1.165, 1.54) is 25.3 Å². The number of nitrogens with zero attached hydrogens (tertiary/aromatic N) is 3. The molecule has 4 heterocycles. The van der Waals surface area contributed by atoms with Gasteiger partial charge in [0.1, 0.15) is 22.7 Å². The van der Waals surface area contributed by atoms with E-state index in [1.807, 2.05) is 6.92 Å². The van der Waals surface area contributed by atoms with Crippen LogP contribution in [0.4, 0.5) is 13.2 Å². The topological polar surface area (TPSA) is 117 Å². The fourth-order valence-corrected chi connectivity index (χ4v) is 5.40. The molecule has 1 fully saturated rings. The van der Waals surface area contributed by atoms with Crippen molar-refractivity contribution in [2.24, 2.45) is 0 Å². The molecule has 0 saturated heterocycles. The van der Waals surface area contributed by atoms with E-state index in [2.05, 4.69) is 15.4 Å². The second-order valence-electron chi connectivity index (χ2n) is 11.1. The maximum absolute atomic E-state index is 14.7. The molecule has 1 amide bonds. The molecule has 13 heteroatoms. The summed E-state index contributed by atoms with van der Waals surface area (Å²) >= 11 is 0. The average molecular weight is 597 g/mol. The van der Waals surface area contributed by atoms with Gasteiger partial charge in [-0.2, -0.15) is 18.3 Å². The zero-order chi connectivity index (χ0) is 30.1. The van der Waals surface area contributed by atoms with Crippen LogP contribution >= 0.6 is 0 Å². The van der Waals surface area contributed by atoms with Crippen molar-refractivity contribution in [3.63, 3.8) is 0 Å². The third-order valence-corrected chi connectivity index (χ3v) is 8.05. The zero-order valence-electron chi connectivity index (χ0n) is 23.2. The number of aromatic nitrogens is 3. The number of fused-ring (bicyclic) bond motifs is 3. The molecule has 4 aromatic rings. The quantitative estimate of drug-likeness (QED) is 0.311. The van der Waals surface area contributed by atoms with Crippen molar-refractivity contribution in [3.05, 3.63) is 59.4 Å². The second-order valence-corrected chi connectivity index (χ2v) is 11.1. The van der Waals surface area contributed by atoms with Gasteiger partial charge in [-0.15, -0.1) is 0 Å². The molecule has 0 bridgehead atoms. The first-order valence-electron chi connectivity index (χ1n) is 13.8. The molecule has 1 saturated carbocycles. The molecule has 2 aliphatic heterocycles. The Labute approximate surface area is 243 Å². The van der Waals surface area contributed by atoms with E-state index in [-0.39, 0.29) is 36.6 Å². The molecule has 43 heavy (non-hydrogen) atoms. The fraction of sp³-hybridized carbons (Fsp3) is 0.367. The van der Waals surface area contributed by atoms with E-state index in [1.54, 1.807) is 29.1 Å². The minimum atomic E-state index is -5.19. The molecule has 2 aromatic carbocycles. The van der Waals surface area contributed by atoms with Gasteiger partial charge in [-0.3, -0.25) is 9.48 Å². The van der Waals surface area contributed by atoms with Gasteiger partial charge in [0.2, 0.25) is 12.4 Å². The van der Waals surface area contributed by atoms with Gasteiger partial charge < -0.3 is 29.4 Å². The number of rotatable bonds is 7. The number of amides is 1. The molecule has 3 aliphatic rings. The number of benzene rings is 2. The molecule has 0 unspecified atom stereocenters. The van der Waals surface area contributed by atoms with Gasteiger partial charge in [0, 0.05) is 34.2 Å². The Balaban J connectivity index is 1.24. The average Bonchev–Trinajstić information content (AvgIpc) is 3.39. The van der Waals surface area contributed by atoms with Gasteiger partial charge in [0.25, 0.3) is 5.91 Å². The molecule has 10 nitrogen and oxygen atoms in total. The van der Waals surface area contributed by atoms with Crippen LogP contribution in [0.5, 0.6) is 23.0 Å². The van der Waals surface area contributed by atoms with Crippen LogP contribution in [0.2, 0.25) is 0 Å². The van der Waals surface area contributed by atoms with Crippen LogP contribution < -0.4 is 24.3 Å². The van der Waals surface area contributed by atoms with Crippen LogP contribution in [0.1, 0.15) is 53.3 Å². The summed E-state index contributed by atoms with van der Waals surface area (Å²) in [5.74, 6) is 0.475. The Bertz CT molecular complexity index is 1770. The highest BCUT2D eigenvalue weighted by Gasteiger charge is 2.57. The number of carbonyl (C=O) groups excluding carboxylic acids is 1. The SMILES string of the molecule is COc1cc(C(=O)NC[C@@](O)(c2cc3c(c(-c4ccc5c(c4)OCO5)n2)OC[C@H]3C)C(F)(F)F)cc2cn(C3CC3)nc12. The lowest BCUT2D eigenvalue weighted by molar-refractivity contribution is -0.265. The first kappa shape index (κ1) is 27.3. The summed E-state index contributed by atoms with van der Waals surface area (Å²) in [7, 11) is 1.43. The number of aliphatic hydroxyl groups is 1. The van der Waals surface area contributed by atoms with E-state index >= 15 is 0 Å². The van der Waals surface area contributed by atoms with Gasteiger partial charge in [-0.1, -0.05) is 6.92 Å². The summed E-state index contributed by atoms with van der Waals surface area (Å²) in [4.78, 5) is 17.5. The van der Waals surface area contributed by atoms with Crippen molar-refractivity contribution in [1.29, 1.82) is 0 Å². The number of nitrogens with one attached hydrogen (secondary N) is 1. The van der Waals surface area contributed by atoms with Crippen LogP contribution in [0.3, 0.4) is 0 Å². The molecular weight excluding hydrogens is 569 g/mol. The van der Waals surface area contributed by atoms with Gasteiger partial charge >= 0.3 is 6.18 Å². The molecule has 0 radical (unpaired) electrons. The Morgan fingerprint density at radius 3 is 2.67 bits per heavy atom.